The van der Waals surface area contributed by atoms with Gasteiger partial charge in [-0.1, -0.05) is 277 Å². The Morgan fingerprint density at radius 1 is 0.283 bits per heavy atom. The van der Waals surface area contributed by atoms with E-state index in [1.165, 1.54) is 276 Å². The first-order valence-electron chi connectivity index (χ1n) is 43.1. The summed E-state index contributed by atoms with van der Waals surface area (Å²) in [6.07, 6.45) is 74.5. The highest BCUT2D eigenvalue weighted by Gasteiger charge is 2.38. The van der Waals surface area contributed by atoms with Gasteiger partial charge in [0.1, 0.15) is 52.6 Å². The second-order valence-electron chi connectivity index (χ2n) is 35.5. The van der Waals surface area contributed by atoms with Crippen LogP contribution in [0.2, 0.25) is 0 Å². The van der Waals surface area contributed by atoms with E-state index in [2.05, 4.69) is 137 Å². The molecule has 2 aliphatic rings. The van der Waals surface area contributed by atoms with Crippen molar-refractivity contribution in [2.24, 2.45) is 47.3 Å². The van der Waals surface area contributed by atoms with Crippen LogP contribution in [0.3, 0.4) is 0 Å². The number of hydrogen-bond acceptors (Lipinski definition) is 8. The predicted molar refractivity (Wildman–Crippen MR) is 425 cm³/mol. The van der Waals surface area contributed by atoms with Gasteiger partial charge in [-0.2, -0.15) is 0 Å². The third-order valence-electron chi connectivity index (χ3n) is 21.7. The molecule has 0 aliphatic heterocycles. The van der Waals surface area contributed by atoms with Crippen LogP contribution in [-0.2, 0) is 39.1 Å². The Balaban J connectivity index is 0.000000995. The lowest BCUT2D eigenvalue weighted by molar-refractivity contribution is -0.871. The van der Waals surface area contributed by atoms with Gasteiger partial charge in [-0.05, 0) is 124 Å². The first-order chi connectivity index (χ1) is 47.6. The Morgan fingerprint density at radius 3 is 0.869 bits per heavy atom. The lowest BCUT2D eigenvalue weighted by Crippen LogP contribution is -2.37. The average molecular weight is 1410 g/mol. The molecule has 0 heterocycles. The number of nitrogens with zero attached hydrogens (tertiary/aromatic N) is 4. The van der Waals surface area contributed by atoms with Crippen molar-refractivity contribution in [1.29, 1.82) is 0 Å². The third-order valence-corrected chi connectivity index (χ3v) is 21.7. The Morgan fingerprint density at radius 2 is 0.545 bits per heavy atom. The third kappa shape index (κ3) is 61.8. The van der Waals surface area contributed by atoms with Gasteiger partial charge in [0.15, 0.2) is 0 Å². The molecule has 0 aromatic heterocycles. The molecule has 12 heteroatoms. The van der Waals surface area contributed by atoms with Gasteiger partial charge in [0.2, 0.25) is 0 Å². The van der Waals surface area contributed by atoms with Crippen LogP contribution in [0.15, 0.2) is 24.3 Å². The topological polar surface area (TPSA) is 73.8 Å². The maximum atomic E-state index is 5.42. The van der Waals surface area contributed by atoms with Gasteiger partial charge in [0.05, 0.1) is 111 Å². The summed E-state index contributed by atoms with van der Waals surface area (Å²) in [7, 11) is 26.2. The number of rotatable bonds is 70. The van der Waals surface area contributed by atoms with Gasteiger partial charge in [0, 0.05) is 0 Å². The number of unbranched alkanes of at least 4 members (excludes halogenated alkanes) is 32. The fraction of sp³-hybridized carbons (Fsp3) is 0.954. The van der Waals surface area contributed by atoms with Crippen LogP contribution in [0.25, 0.3) is 0 Å². The van der Waals surface area contributed by atoms with E-state index >= 15 is 0 Å². The zero-order valence-electron chi connectivity index (χ0n) is 69.7. The summed E-state index contributed by atoms with van der Waals surface area (Å²) < 4.78 is 3.64. The molecular weight excluding hydrogens is 1230 g/mol. The van der Waals surface area contributed by atoms with Gasteiger partial charge < -0.3 is 17.9 Å². The Hall–Kier alpha value is -1.00. The highest BCUT2D eigenvalue weighted by atomic mass is 17.2. The van der Waals surface area contributed by atoms with Crippen LogP contribution in [0, 0.1) is 47.3 Å². The summed E-state index contributed by atoms with van der Waals surface area (Å²) >= 11 is 0. The quantitative estimate of drug-likeness (QED) is 0.0196. The number of likely N-dealkylation sites (N-methyl/N-ethyl adjacent to an activating group) is 4. The first kappa shape index (κ1) is 96.0. The van der Waals surface area contributed by atoms with Crippen molar-refractivity contribution in [2.75, 3.05) is 164 Å². The average Bonchev–Trinajstić information content (AvgIpc) is 0.833. The molecule has 0 aromatic carbocycles. The SMILES string of the molecule is CCCCCCC1C(C)C=C[C@@H](CCCCCCCCOOCC[N+](C)(C)C)C1/C=C\CCCCCCCCOOCC[N+](C)(C)C.CCCCCCC1CC[C@@H](CCCCCCCCOOCC[N+](C)(C)C)C(CCCCCCCCCCOOCC[N+](C)(C)C)C1CCCCCC. The van der Waals surface area contributed by atoms with Crippen molar-refractivity contribution < 1.29 is 57.0 Å². The highest BCUT2D eigenvalue weighted by molar-refractivity contribution is 5.10. The molecule has 0 N–H and O–H groups in total. The number of hydrogen-bond donors (Lipinski definition) is 0. The second kappa shape index (κ2) is 64.2. The van der Waals surface area contributed by atoms with E-state index in [0.717, 1.165) is 138 Å². The molecule has 99 heavy (non-hydrogen) atoms. The molecule has 1 fully saturated rings. The van der Waals surface area contributed by atoms with Crippen molar-refractivity contribution in [2.45, 2.75) is 329 Å². The monoisotopic (exact) mass is 1410 g/mol. The minimum Gasteiger partial charge on any atom is -0.329 e. The van der Waals surface area contributed by atoms with Crippen molar-refractivity contribution in [1.82, 2.24) is 0 Å². The molecule has 0 spiro atoms. The zero-order chi connectivity index (χ0) is 72.8. The summed E-state index contributed by atoms with van der Waals surface area (Å²) in [5, 5.41) is 0. The van der Waals surface area contributed by atoms with E-state index in [9.17, 15) is 0 Å². The lowest BCUT2D eigenvalue weighted by atomic mass is 9.61. The van der Waals surface area contributed by atoms with Gasteiger partial charge in [-0.15, -0.1) is 0 Å². The van der Waals surface area contributed by atoms with Crippen LogP contribution in [0.4, 0.5) is 0 Å². The standard InChI is InChI=1S/C46H96N2O4.C41H82N2O4/c1-9-11-13-25-31-43-35-36-44(32-26-21-18-20-24-30-40-50-52-42-38-48(6,7)8)46(45(43)33-27-14-12-10-2)34-28-22-17-15-16-19-23-29-39-49-51-41-37-47(3,4)5;1-9-10-11-23-28-40-38(2)30-31-39(27-22-18-15-17-21-26-35-45-47-37-33-43(6,7)8)41(40)29-24-19-14-12-13-16-20-25-34-44-46-36-32-42(3,4)5/h43-46H,9-42H2,1-8H3;24,29-31,38-41H,9-23,25-28,32-37H2,1-8H3/q2*+2/b;29-24-/t43?,44-,45?,46?;38?,39-,40?,41?/m11/s1. The van der Waals surface area contributed by atoms with Gasteiger partial charge >= 0.3 is 0 Å². The Kier molecular flexibility index (Phi) is 62.3. The summed E-state index contributed by atoms with van der Waals surface area (Å²) in [6.45, 7) is 19.0. The minimum atomic E-state index is 0.666. The van der Waals surface area contributed by atoms with E-state index in [1.807, 2.05) is 0 Å². The predicted octanol–water partition coefficient (Wildman–Crippen LogP) is 23.1. The molecular formula is C87H178N4O8+4. The molecule has 8 atom stereocenters. The van der Waals surface area contributed by atoms with Crippen LogP contribution in [0.1, 0.15) is 329 Å². The van der Waals surface area contributed by atoms with E-state index in [4.69, 9.17) is 39.1 Å². The van der Waals surface area contributed by atoms with Crippen LogP contribution < -0.4 is 0 Å². The molecule has 0 aromatic rings. The van der Waals surface area contributed by atoms with Crippen molar-refractivity contribution >= 4 is 0 Å². The van der Waals surface area contributed by atoms with Crippen molar-refractivity contribution in [3.05, 3.63) is 24.3 Å². The van der Waals surface area contributed by atoms with Crippen LogP contribution in [0.5, 0.6) is 0 Å². The number of allylic oxidation sites excluding steroid dienone is 4. The van der Waals surface area contributed by atoms with Crippen molar-refractivity contribution in [3.63, 3.8) is 0 Å². The van der Waals surface area contributed by atoms with E-state index < -0.39 is 0 Å². The summed E-state index contributed by atoms with van der Waals surface area (Å²) in [4.78, 5) is 42.9. The van der Waals surface area contributed by atoms with Crippen molar-refractivity contribution in [3.8, 4) is 0 Å². The van der Waals surface area contributed by atoms with E-state index in [0.29, 0.717) is 32.3 Å². The molecule has 0 saturated heterocycles. The van der Waals surface area contributed by atoms with Gasteiger partial charge in [-0.3, -0.25) is 0 Å². The molecule has 0 radical (unpaired) electrons. The summed E-state index contributed by atoms with van der Waals surface area (Å²) in [5.41, 5.74) is 0. The molecule has 590 valence electrons. The summed E-state index contributed by atoms with van der Waals surface area (Å²) in [6, 6.07) is 0. The smallest absolute Gasteiger partial charge is 0.131 e. The van der Waals surface area contributed by atoms with Crippen LogP contribution >= 0.6 is 0 Å². The normalized spacial score (nSPS) is 20.2. The molecule has 2 rings (SSSR count). The molecule has 1 saturated carbocycles. The summed E-state index contributed by atoms with van der Waals surface area (Å²) in [5.74, 6) is 6.93. The maximum absolute atomic E-state index is 5.42. The molecule has 12 nitrogen and oxygen atoms in total. The molecule has 0 bridgehead atoms. The van der Waals surface area contributed by atoms with Crippen LogP contribution in [-0.4, -0.2) is 182 Å². The molecule has 2 aliphatic carbocycles. The maximum Gasteiger partial charge on any atom is 0.131 e. The van der Waals surface area contributed by atoms with Gasteiger partial charge in [0.25, 0.3) is 0 Å². The van der Waals surface area contributed by atoms with E-state index in [1.54, 1.807) is 0 Å². The molecule has 6 unspecified atom stereocenters. The zero-order valence-corrected chi connectivity index (χ0v) is 69.7. The van der Waals surface area contributed by atoms with Gasteiger partial charge in [-0.25, -0.2) is 39.1 Å². The lowest BCUT2D eigenvalue weighted by Gasteiger charge is -2.44. The first-order valence-corrected chi connectivity index (χ1v) is 43.1. The minimum absolute atomic E-state index is 0.666. The fourth-order valence-corrected chi connectivity index (χ4v) is 15.1. The highest BCUT2D eigenvalue weighted by Crippen LogP contribution is 2.48. The largest absolute Gasteiger partial charge is 0.329 e. The Bertz CT molecular complexity index is 1760. The molecule has 0 amide bonds. The fourth-order valence-electron chi connectivity index (χ4n) is 15.1. The van der Waals surface area contributed by atoms with E-state index in [-0.39, 0.29) is 0 Å². The number of quaternary nitrogens is 4. The second-order valence-corrected chi connectivity index (χ2v) is 35.5. The Labute approximate surface area is 618 Å².